The zero-order valence-electron chi connectivity index (χ0n) is 14.1. The van der Waals surface area contributed by atoms with Crippen molar-refractivity contribution in [2.45, 2.75) is 37.3 Å². The number of hydrogen-bond donors (Lipinski definition) is 2. The molecule has 0 aliphatic carbocycles. The van der Waals surface area contributed by atoms with Crippen LogP contribution in [0.4, 0.5) is 0 Å². The second kappa shape index (κ2) is 8.26. The maximum atomic E-state index is 11.6. The van der Waals surface area contributed by atoms with E-state index in [0.29, 0.717) is 24.3 Å². The predicted molar refractivity (Wildman–Crippen MR) is 90.8 cm³/mol. The van der Waals surface area contributed by atoms with E-state index in [2.05, 4.69) is 5.32 Å². The van der Waals surface area contributed by atoms with Crippen molar-refractivity contribution in [3.05, 3.63) is 23.8 Å². The zero-order valence-corrected chi connectivity index (χ0v) is 15.8. The number of nitrogens with two attached hydrogens (primary N) is 1. The summed E-state index contributed by atoms with van der Waals surface area (Å²) in [6, 6.07) is 3.93. The van der Waals surface area contributed by atoms with Crippen LogP contribution in [0.5, 0.6) is 5.75 Å². The van der Waals surface area contributed by atoms with Gasteiger partial charge in [0.1, 0.15) is 11.9 Å². The highest BCUT2D eigenvalue weighted by atomic mass is 32.2. The van der Waals surface area contributed by atoms with Gasteiger partial charge >= 0.3 is 0 Å². The molecule has 1 aromatic carbocycles. The minimum Gasteiger partial charge on any atom is -0.496 e. The van der Waals surface area contributed by atoms with Crippen molar-refractivity contribution in [3.8, 4) is 5.75 Å². The highest BCUT2D eigenvalue weighted by Crippen LogP contribution is 2.33. The largest absolute Gasteiger partial charge is 0.496 e. The molecule has 0 spiro atoms. The van der Waals surface area contributed by atoms with Gasteiger partial charge in [0.25, 0.3) is 10.1 Å². The Balaban J connectivity index is 3.38. The zero-order chi connectivity index (χ0) is 18.5. The van der Waals surface area contributed by atoms with Crippen LogP contribution in [0.1, 0.15) is 31.9 Å². The Kier molecular flexibility index (Phi) is 7.17. The lowest BCUT2D eigenvalue weighted by Crippen LogP contribution is -2.29. The van der Waals surface area contributed by atoms with Crippen LogP contribution in [-0.2, 0) is 24.3 Å². The molecule has 2 unspecified atom stereocenters. The normalized spacial score (nSPS) is 15.0. The molecule has 0 fully saturated rings. The van der Waals surface area contributed by atoms with Crippen LogP contribution < -0.4 is 15.2 Å². The molecular formula is C14H24N2O6S2. The van der Waals surface area contributed by atoms with Gasteiger partial charge in [-0.25, -0.2) is 13.6 Å². The Hall–Kier alpha value is -1.20. The first-order valence-electron chi connectivity index (χ1n) is 7.30. The number of methoxy groups -OCH3 is 1. The molecule has 3 N–H and O–H groups in total. The summed E-state index contributed by atoms with van der Waals surface area (Å²) in [5.41, 5.74) is 0.305. The molecule has 0 heterocycles. The van der Waals surface area contributed by atoms with E-state index in [9.17, 15) is 16.8 Å². The lowest BCUT2D eigenvalue weighted by Gasteiger charge is -2.23. The molecule has 0 aliphatic heterocycles. The standard InChI is InChI=1S/C14H24N2O6S2/c1-5-16-10(2)8-14(22-23(4,17)18)12-9-11(24(15,19)20)6-7-13(12)21-3/h6-7,9-10,14,16H,5,8H2,1-4H3,(H2,15,19,20). The number of rotatable bonds is 9. The van der Waals surface area contributed by atoms with E-state index >= 15 is 0 Å². The van der Waals surface area contributed by atoms with E-state index < -0.39 is 26.2 Å². The van der Waals surface area contributed by atoms with Crippen LogP contribution >= 0.6 is 0 Å². The van der Waals surface area contributed by atoms with Crippen molar-refractivity contribution in [2.75, 3.05) is 19.9 Å². The SMILES string of the molecule is CCNC(C)CC(OS(C)(=O)=O)c1cc(S(N)(=O)=O)ccc1OC. The highest BCUT2D eigenvalue weighted by molar-refractivity contribution is 7.89. The lowest BCUT2D eigenvalue weighted by atomic mass is 10.0. The van der Waals surface area contributed by atoms with Gasteiger partial charge in [0, 0.05) is 11.6 Å². The summed E-state index contributed by atoms with van der Waals surface area (Å²) >= 11 is 0. The molecule has 0 radical (unpaired) electrons. The van der Waals surface area contributed by atoms with Crippen LogP contribution in [-0.4, -0.2) is 42.8 Å². The average Bonchev–Trinajstić information content (AvgIpc) is 2.43. The van der Waals surface area contributed by atoms with Gasteiger partial charge in [-0.1, -0.05) is 6.92 Å². The van der Waals surface area contributed by atoms with Gasteiger partial charge in [-0.2, -0.15) is 8.42 Å². The number of hydrogen-bond acceptors (Lipinski definition) is 7. The first-order chi connectivity index (χ1) is 11.0. The van der Waals surface area contributed by atoms with Crippen molar-refractivity contribution in [3.63, 3.8) is 0 Å². The number of primary sulfonamides is 1. The molecule has 0 bridgehead atoms. The van der Waals surface area contributed by atoms with Crippen molar-refractivity contribution in [1.29, 1.82) is 0 Å². The van der Waals surface area contributed by atoms with Crippen LogP contribution in [0.2, 0.25) is 0 Å². The van der Waals surface area contributed by atoms with Crippen LogP contribution in [0.3, 0.4) is 0 Å². The van der Waals surface area contributed by atoms with Gasteiger partial charge in [0.15, 0.2) is 0 Å². The fourth-order valence-electron chi connectivity index (χ4n) is 2.32. The van der Waals surface area contributed by atoms with Crippen molar-refractivity contribution in [2.24, 2.45) is 5.14 Å². The topological polar surface area (TPSA) is 125 Å². The van der Waals surface area contributed by atoms with Crippen LogP contribution in [0.25, 0.3) is 0 Å². The molecule has 2 atom stereocenters. The molecule has 0 aromatic heterocycles. The van der Waals surface area contributed by atoms with E-state index in [-0.39, 0.29) is 10.9 Å². The lowest BCUT2D eigenvalue weighted by molar-refractivity contribution is 0.185. The van der Waals surface area contributed by atoms with E-state index in [1.54, 1.807) is 0 Å². The van der Waals surface area contributed by atoms with E-state index in [1.807, 2.05) is 13.8 Å². The highest BCUT2D eigenvalue weighted by Gasteiger charge is 2.25. The number of sulfonamides is 1. The van der Waals surface area contributed by atoms with E-state index in [4.69, 9.17) is 14.1 Å². The number of ether oxygens (including phenoxy) is 1. The van der Waals surface area contributed by atoms with Gasteiger partial charge in [-0.15, -0.1) is 0 Å². The first kappa shape index (κ1) is 20.8. The van der Waals surface area contributed by atoms with Crippen molar-refractivity contribution in [1.82, 2.24) is 5.32 Å². The maximum Gasteiger partial charge on any atom is 0.264 e. The first-order valence-corrected chi connectivity index (χ1v) is 10.7. The maximum absolute atomic E-state index is 11.6. The summed E-state index contributed by atoms with van der Waals surface area (Å²) in [5, 5.41) is 8.31. The fourth-order valence-corrected chi connectivity index (χ4v) is 3.48. The molecular weight excluding hydrogens is 356 g/mol. The Bertz CT molecular complexity index is 761. The predicted octanol–water partition coefficient (Wildman–Crippen LogP) is 0.748. The minimum absolute atomic E-state index is 0.0652. The Morgan fingerprint density at radius 3 is 2.33 bits per heavy atom. The molecule has 1 rings (SSSR count). The second-order valence-corrected chi connectivity index (χ2v) is 8.59. The van der Waals surface area contributed by atoms with Crippen molar-refractivity contribution < 1.29 is 25.8 Å². The van der Waals surface area contributed by atoms with E-state index in [0.717, 1.165) is 6.26 Å². The van der Waals surface area contributed by atoms with Crippen molar-refractivity contribution >= 4 is 20.1 Å². The molecule has 0 saturated heterocycles. The summed E-state index contributed by atoms with van der Waals surface area (Å²) < 4.78 is 56.8. The minimum atomic E-state index is -3.94. The molecule has 0 amide bonds. The molecule has 1 aromatic rings. The third-order valence-corrected chi connectivity index (χ3v) is 4.78. The Morgan fingerprint density at radius 2 is 1.88 bits per heavy atom. The molecule has 24 heavy (non-hydrogen) atoms. The number of nitrogens with one attached hydrogen (secondary N) is 1. The molecule has 10 heteroatoms. The van der Waals surface area contributed by atoms with Gasteiger partial charge in [0.2, 0.25) is 10.0 Å². The van der Waals surface area contributed by atoms with Crippen LogP contribution in [0.15, 0.2) is 23.1 Å². The van der Waals surface area contributed by atoms with Gasteiger partial charge in [-0.3, -0.25) is 4.18 Å². The molecule has 0 aliphatic rings. The van der Waals surface area contributed by atoms with Gasteiger partial charge < -0.3 is 10.1 Å². The summed E-state index contributed by atoms with van der Waals surface area (Å²) in [4.78, 5) is -0.142. The number of benzene rings is 1. The average molecular weight is 380 g/mol. The second-order valence-electron chi connectivity index (χ2n) is 5.43. The Labute approximate surface area is 143 Å². The van der Waals surface area contributed by atoms with Gasteiger partial charge in [0.05, 0.1) is 18.3 Å². The summed E-state index contributed by atoms with van der Waals surface area (Å²) in [6.45, 7) is 4.49. The molecule has 138 valence electrons. The Morgan fingerprint density at radius 1 is 1.25 bits per heavy atom. The fraction of sp³-hybridized carbons (Fsp3) is 0.571. The third-order valence-electron chi connectivity index (χ3n) is 3.29. The monoisotopic (exact) mass is 380 g/mol. The van der Waals surface area contributed by atoms with E-state index in [1.165, 1.54) is 25.3 Å². The quantitative estimate of drug-likeness (QED) is 0.606. The smallest absolute Gasteiger partial charge is 0.264 e. The summed E-state index contributed by atoms with van der Waals surface area (Å²) in [6.07, 6.45) is 0.324. The molecule has 0 saturated carbocycles. The van der Waals surface area contributed by atoms with Gasteiger partial charge in [-0.05, 0) is 38.1 Å². The molecule has 8 nitrogen and oxygen atoms in total. The summed E-state index contributed by atoms with van der Waals surface area (Å²) in [5.74, 6) is 0.319. The van der Waals surface area contributed by atoms with Crippen LogP contribution in [0, 0.1) is 0 Å². The summed E-state index contributed by atoms with van der Waals surface area (Å²) in [7, 11) is -6.31. The third kappa shape index (κ3) is 6.36.